The summed E-state index contributed by atoms with van der Waals surface area (Å²) in [5, 5.41) is 14.1. The second kappa shape index (κ2) is 6.18. The molecule has 3 rings (SSSR count). The van der Waals surface area contributed by atoms with Crippen LogP contribution in [0.3, 0.4) is 0 Å². The Morgan fingerprint density at radius 1 is 1.33 bits per heavy atom. The summed E-state index contributed by atoms with van der Waals surface area (Å²) >= 11 is 0. The largest absolute Gasteiger partial charge is 0.480 e. The Labute approximate surface area is 125 Å². The smallest absolute Gasteiger partial charge is 0.321 e. The van der Waals surface area contributed by atoms with Crippen molar-refractivity contribution in [3.8, 4) is 0 Å². The number of carboxylic acids is 1. The van der Waals surface area contributed by atoms with Crippen LogP contribution in [-0.4, -0.2) is 38.3 Å². The van der Waals surface area contributed by atoms with Gasteiger partial charge in [0.15, 0.2) is 0 Å². The predicted molar refractivity (Wildman–Crippen MR) is 80.0 cm³/mol. The van der Waals surface area contributed by atoms with E-state index in [1.54, 1.807) is 0 Å². The molecule has 1 aromatic heterocycles. The van der Waals surface area contributed by atoms with Gasteiger partial charge in [-0.1, -0.05) is 26.2 Å². The van der Waals surface area contributed by atoms with E-state index in [0.29, 0.717) is 12.6 Å². The molecule has 5 nitrogen and oxygen atoms in total. The summed E-state index contributed by atoms with van der Waals surface area (Å²) < 4.78 is 2.10. The summed E-state index contributed by atoms with van der Waals surface area (Å²) in [6, 6.07) is 2.24. The van der Waals surface area contributed by atoms with Crippen LogP contribution < -0.4 is 0 Å². The van der Waals surface area contributed by atoms with Gasteiger partial charge in [0.05, 0.1) is 11.7 Å². The summed E-state index contributed by atoms with van der Waals surface area (Å²) in [5.41, 5.74) is 1.00. The first kappa shape index (κ1) is 14.6. The summed E-state index contributed by atoms with van der Waals surface area (Å²) in [4.78, 5) is 13.5. The third kappa shape index (κ3) is 3.12. The van der Waals surface area contributed by atoms with E-state index in [-0.39, 0.29) is 12.0 Å². The molecular weight excluding hydrogens is 266 g/mol. The highest BCUT2D eigenvalue weighted by Gasteiger charge is 2.36. The standard InChI is InChI=1S/C16H25N3O2/c1-12-7-9-18(15(12)16(20)21)11-13-8-10-19(17-13)14-5-3-2-4-6-14/h8,10,12,14-15H,2-7,9,11H2,1H3,(H,20,21). The zero-order chi connectivity index (χ0) is 14.8. The van der Waals surface area contributed by atoms with Crippen molar-refractivity contribution >= 4 is 5.97 Å². The van der Waals surface area contributed by atoms with Crippen LogP contribution in [0.15, 0.2) is 12.3 Å². The van der Waals surface area contributed by atoms with E-state index < -0.39 is 5.97 Å². The van der Waals surface area contributed by atoms with Crippen molar-refractivity contribution in [1.29, 1.82) is 0 Å². The van der Waals surface area contributed by atoms with Crippen molar-refractivity contribution < 1.29 is 9.90 Å². The molecule has 1 saturated heterocycles. The Hall–Kier alpha value is -1.36. The molecule has 21 heavy (non-hydrogen) atoms. The lowest BCUT2D eigenvalue weighted by Gasteiger charge is -2.23. The number of carboxylic acid groups (broad SMARTS) is 1. The third-order valence-electron chi connectivity index (χ3n) is 5.03. The molecule has 0 aromatic carbocycles. The molecule has 1 aromatic rings. The zero-order valence-electron chi connectivity index (χ0n) is 12.7. The van der Waals surface area contributed by atoms with Crippen LogP contribution in [0, 0.1) is 5.92 Å². The van der Waals surface area contributed by atoms with E-state index in [1.165, 1.54) is 32.1 Å². The summed E-state index contributed by atoms with van der Waals surface area (Å²) in [6.45, 7) is 3.54. The fraction of sp³-hybridized carbons (Fsp3) is 0.750. The van der Waals surface area contributed by atoms with Gasteiger partial charge in [0.1, 0.15) is 6.04 Å². The number of aromatic nitrogens is 2. The van der Waals surface area contributed by atoms with E-state index in [0.717, 1.165) is 18.7 Å². The fourth-order valence-electron chi connectivity index (χ4n) is 3.82. The molecule has 2 aliphatic rings. The van der Waals surface area contributed by atoms with Crippen LogP contribution in [0.4, 0.5) is 0 Å². The second-order valence-corrected chi connectivity index (χ2v) is 6.60. The van der Waals surface area contributed by atoms with Crippen molar-refractivity contribution in [2.75, 3.05) is 6.54 Å². The minimum atomic E-state index is -0.702. The van der Waals surface area contributed by atoms with Crippen molar-refractivity contribution in [3.63, 3.8) is 0 Å². The SMILES string of the molecule is CC1CCN(Cc2ccn(C3CCCCC3)n2)C1C(=O)O. The first-order valence-electron chi connectivity index (χ1n) is 8.16. The molecule has 0 amide bonds. The Morgan fingerprint density at radius 2 is 2.10 bits per heavy atom. The van der Waals surface area contributed by atoms with Crippen molar-refractivity contribution in [2.45, 2.75) is 64.1 Å². The van der Waals surface area contributed by atoms with Gasteiger partial charge in [-0.05, 0) is 37.8 Å². The molecule has 1 saturated carbocycles. The summed E-state index contributed by atoms with van der Waals surface area (Å²) in [5.74, 6) is -0.477. The number of aliphatic carboxylic acids is 1. The molecule has 5 heteroatoms. The molecule has 1 aliphatic heterocycles. The van der Waals surface area contributed by atoms with Gasteiger partial charge in [0.25, 0.3) is 0 Å². The Kier molecular flexibility index (Phi) is 4.29. The normalized spacial score (nSPS) is 28.0. The molecule has 2 fully saturated rings. The number of rotatable bonds is 4. The summed E-state index contributed by atoms with van der Waals surface area (Å²) in [7, 11) is 0. The van der Waals surface area contributed by atoms with Crippen molar-refractivity contribution in [2.24, 2.45) is 5.92 Å². The second-order valence-electron chi connectivity index (χ2n) is 6.60. The van der Waals surface area contributed by atoms with Gasteiger partial charge >= 0.3 is 5.97 Å². The monoisotopic (exact) mass is 291 g/mol. The van der Waals surface area contributed by atoms with E-state index in [1.807, 2.05) is 6.92 Å². The van der Waals surface area contributed by atoms with Gasteiger partial charge < -0.3 is 5.11 Å². The van der Waals surface area contributed by atoms with Crippen LogP contribution in [0.1, 0.15) is 57.2 Å². The zero-order valence-corrected chi connectivity index (χ0v) is 12.7. The lowest BCUT2D eigenvalue weighted by molar-refractivity contribution is -0.143. The number of nitrogens with zero attached hydrogens (tertiary/aromatic N) is 3. The maximum atomic E-state index is 11.4. The Bertz CT molecular complexity index is 493. The first-order valence-corrected chi connectivity index (χ1v) is 8.16. The molecule has 1 N–H and O–H groups in total. The molecule has 1 aliphatic carbocycles. The minimum Gasteiger partial charge on any atom is -0.480 e. The molecule has 116 valence electrons. The molecular formula is C16H25N3O2. The predicted octanol–water partition coefficient (Wildman–Crippen LogP) is 2.68. The lowest BCUT2D eigenvalue weighted by Crippen LogP contribution is -2.38. The van der Waals surface area contributed by atoms with Gasteiger partial charge in [-0.3, -0.25) is 14.4 Å². The number of carbonyl (C=O) groups is 1. The molecule has 0 bridgehead atoms. The Morgan fingerprint density at radius 3 is 2.81 bits per heavy atom. The lowest BCUT2D eigenvalue weighted by atomic mass is 9.96. The third-order valence-corrected chi connectivity index (χ3v) is 5.03. The number of hydrogen-bond donors (Lipinski definition) is 1. The molecule has 2 heterocycles. The van der Waals surface area contributed by atoms with Gasteiger partial charge in [-0.25, -0.2) is 0 Å². The maximum absolute atomic E-state index is 11.4. The number of hydrogen-bond acceptors (Lipinski definition) is 3. The highest BCUT2D eigenvalue weighted by molar-refractivity contribution is 5.74. The average molecular weight is 291 g/mol. The van der Waals surface area contributed by atoms with Crippen molar-refractivity contribution in [3.05, 3.63) is 18.0 Å². The molecule has 0 spiro atoms. The van der Waals surface area contributed by atoms with Crippen LogP contribution in [0.5, 0.6) is 0 Å². The van der Waals surface area contributed by atoms with Gasteiger partial charge in [0, 0.05) is 12.7 Å². The fourth-order valence-corrected chi connectivity index (χ4v) is 3.82. The average Bonchev–Trinajstić information content (AvgIpc) is 3.07. The highest BCUT2D eigenvalue weighted by Crippen LogP contribution is 2.28. The molecule has 2 atom stereocenters. The van der Waals surface area contributed by atoms with Crippen LogP contribution >= 0.6 is 0 Å². The first-order chi connectivity index (χ1) is 10.1. The van der Waals surface area contributed by atoms with E-state index in [4.69, 9.17) is 5.10 Å². The Balaban J connectivity index is 1.65. The van der Waals surface area contributed by atoms with E-state index in [2.05, 4.69) is 21.8 Å². The maximum Gasteiger partial charge on any atom is 0.321 e. The van der Waals surface area contributed by atoms with E-state index in [9.17, 15) is 9.90 Å². The van der Waals surface area contributed by atoms with Crippen LogP contribution in [-0.2, 0) is 11.3 Å². The topological polar surface area (TPSA) is 58.4 Å². The minimum absolute atomic E-state index is 0.225. The van der Waals surface area contributed by atoms with E-state index >= 15 is 0 Å². The van der Waals surface area contributed by atoms with Gasteiger partial charge in [0.2, 0.25) is 0 Å². The van der Waals surface area contributed by atoms with Crippen LogP contribution in [0.2, 0.25) is 0 Å². The highest BCUT2D eigenvalue weighted by atomic mass is 16.4. The molecule has 0 radical (unpaired) electrons. The van der Waals surface area contributed by atoms with Gasteiger partial charge in [-0.15, -0.1) is 0 Å². The molecule has 2 unspecified atom stereocenters. The quantitative estimate of drug-likeness (QED) is 0.926. The van der Waals surface area contributed by atoms with Gasteiger partial charge in [-0.2, -0.15) is 5.10 Å². The summed E-state index contributed by atoms with van der Waals surface area (Å²) in [6.07, 6.45) is 9.41. The number of likely N-dealkylation sites (tertiary alicyclic amines) is 1. The van der Waals surface area contributed by atoms with Crippen molar-refractivity contribution in [1.82, 2.24) is 14.7 Å². The van der Waals surface area contributed by atoms with Crippen LogP contribution in [0.25, 0.3) is 0 Å².